The van der Waals surface area contributed by atoms with Crippen molar-refractivity contribution in [3.8, 4) is 0 Å². The number of rotatable bonds is 7. The van der Waals surface area contributed by atoms with Gasteiger partial charge in [0.25, 0.3) is 0 Å². The zero-order chi connectivity index (χ0) is 20.0. The largest absolute Gasteiger partial charge is 0.382 e. The monoisotopic (exact) mass is 375 g/mol. The third-order valence-electron chi connectivity index (χ3n) is 4.02. The molecule has 2 saturated heterocycles. The molecule has 0 aromatic carbocycles. The molecule has 6 nitrogen and oxygen atoms in total. The SMILES string of the molecule is CC.CC.CN1CCCC1.COCCOCCNC(=O)C1CCNCC1. The van der Waals surface area contributed by atoms with Crippen molar-refractivity contribution in [2.75, 3.05) is 66.7 Å². The van der Waals surface area contributed by atoms with Gasteiger partial charge in [-0.3, -0.25) is 4.79 Å². The molecule has 2 rings (SSSR count). The maximum atomic E-state index is 11.7. The van der Waals surface area contributed by atoms with Crippen molar-refractivity contribution in [1.82, 2.24) is 15.5 Å². The van der Waals surface area contributed by atoms with Gasteiger partial charge in [-0.2, -0.15) is 0 Å². The normalized spacial score (nSPS) is 17.0. The van der Waals surface area contributed by atoms with Crippen LogP contribution < -0.4 is 10.6 Å². The summed E-state index contributed by atoms with van der Waals surface area (Å²) in [6.45, 7) is 14.9. The Morgan fingerprint density at radius 3 is 2.08 bits per heavy atom. The quantitative estimate of drug-likeness (QED) is 0.670. The van der Waals surface area contributed by atoms with Gasteiger partial charge in [0.05, 0.1) is 19.8 Å². The molecule has 0 spiro atoms. The van der Waals surface area contributed by atoms with Gasteiger partial charge in [-0.25, -0.2) is 0 Å². The maximum absolute atomic E-state index is 11.7. The Kier molecular flexibility index (Phi) is 23.7. The molecule has 0 saturated carbocycles. The maximum Gasteiger partial charge on any atom is 0.223 e. The first-order valence-corrected chi connectivity index (χ1v) is 10.5. The second-order valence-electron chi connectivity index (χ2n) is 5.93. The summed E-state index contributed by atoms with van der Waals surface area (Å²) >= 11 is 0. The molecule has 2 aliphatic heterocycles. The van der Waals surface area contributed by atoms with Gasteiger partial charge in [-0.1, -0.05) is 27.7 Å². The highest BCUT2D eigenvalue weighted by Gasteiger charge is 2.19. The number of hydrogen-bond donors (Lipinski definition) is 2. The van der Waals surface area contributed by atoms with E-state index in [0.29, 0.717) is 26.4 Å². The predicted molar refractivity (Wildman–Crippen MR) is 111 cm³/mol. The predicted octanol–water partition coefficient (Wildman–Crippen LogP) is 2.53. The average molecular weight is 376 g/mol. The second-order valence-corrected chi connectivity index (χ2v) is 5.93. The van der Waals surface area contributed by atoms with Crippen LogP contribution in [0.1, 0.15) is 53.4 Å². The van der Waals surface area contributed by atoms with Gasteiger partial charge in [0.2, 0.25) is 5.91 Å². The number of carbonyl (C=O) groups is 1. The fourth-order valence-corrected chi connectivity index (χ4v) is 2.59. The van der Waals surface area contributed by atoms with Crippen molar-refractivity contribution in [3.63, 3.8) is 0 Å². The second kappa shape index (κ2) is 22.4. The molecule has 2 aliphatic rings. The highest BCUT2D eigenvalue weighted by atomic mass is 16.5. The first-order valence-electron chi connectivity index (χ1n) is 10.5. The van der Waals surface area contributed by atoms with E-state index in [1.165, 1.54) is 25.9 Å². The lowest BCUT2D eigenvalue weighted by molar-refractivity contribution is -0.126. The van der Waals surface area contributed by atoms with Crippen molar-refractivity contribution < 1.29 is 14.3 Å². The number of likely N-dealkylation sites (tertiary alicyclic amines) is 1. The molecule has 2 heterocycles. The van der Waals surface area contributed by atoms with Gasteiger partial charge in [-0.05, 0) is 58.9 Å². The van der Waals surface area contributed by atoms with E-state index < -0.39 is 0 Å². The first kappa shape index (κ1) is 27.5. The molecule has 1 amide bonds. The Bertz CT molecular complexity index is 279. The van der Waals surface area contributed by atoms with Gasteiger partial charge >= 0.3 is 0 Å². The molecular weight excluding hydrogens is 330 g/mol. The van der Waals surface area contributed by atoms with E-state index in [1.54, 1.807) is 7.11 Å². The van der Waals surface area contributed by atoms with Crippen LogP contribution in [0.4, 0.5) is 0 Å². The van der Waals surface area contributed by atoms with Gasteiger partial charge in [0.1, 0.15) is 0 Å². The van der Waals surface area contributed by atoms with Crippen LogP contribution in [0.25, 0.3) is 0 Å². The summed E-state index contributed by atoms with van der Waals surface area (Å²) in [7, 11) is 3.81. The minimum atomic E-state index is 0.164. The minimum Gasteiger partial charge on any atom is -0.382 e. The summed E-state index contributed by atoms with van der Waals surface area (Å²) < 4.78 is 10.1. The van der Waals surface area contributed by atoms with Crippen LogP contribution in [0.5, 0.6) is 0 Å². The number of nitrogens with one attached hydrogen (secondary N) is 2. The van der Waals surface area contributed by atoms with Crippen LogP contribution in [0.2, 0.25) is 0 Å². The van der Waals surface area contributed by atoms with Crippen molar-refractivity contribution in [2.24, 2.45) is 5.92 Å². The fourth-order valence-electron chi connectivity index (χ4n) is 2.59. The number of ether oxygens (including phenoxy) is 2. The van der Waals surface area contributed by atoms with Crippen LogP contribution >= 0.6 is 0 Å². The topological polar surface area (TPSA) is 62.8 Å². The van der Waals surface area contributed by atoms with Gasteiger partial charge in [0, 0.05) is 19.6 Å². The lowest BCUT2D eigenvalue weighted by Gasteiger charge is -2.21. The number of methoxy groups -OCH3 is 1. The number of nitrogens with zero attached hydrogens (tertiary/aromatic N) is 1. The van der Waals surface area contributed by atoms with Crippen molar-refractivity contribution in [1.29, 1.82) is 0 Å². The van der Waals surface area contributed by atoms with E-state index in [2.05, 4.69) is 22.6 Å². The Morgan fingerprint density at radius 2 is 1.62 bits per heavy atom. The average Bonchev–Trinajstić information content (AvgIpc) is 3.19. The van der Waals surface area contributed by atoms with E-state index in [4.69, 9.17) is 9.47 Å². The Morgan fingerprint density at radius 1 is 1.04 bits per heavy atom. The van der Waals surface area contributed by atoms with E-state index in [-0.39, 0.29) is 11.8 Å². The van der Waals surface area contributed by atoms with E-state index in [0.717, 1.165) is 25.9 Å². The standard InChI is InChI=1S/C11H22N2O3.C5H11N.2C2H6/c1-15-8-9-16-7-6-13-11(14)10-2-4-12-5-3-10;1-6-4-2-3-5-6;2*1-2/h10,12H,2-9H2,1H3,(H,13,14);2-5H2,1H3;2*1-2H3. The molecule has 0 aromatic heterocycles. The fraction of sp³-hybridized carbons (Fsp3) is 0.950. The molecule has 0 unspecified atom stereocenters. The van der Waals surface area contributed by atoms with E-state index in [9.17, 15) is 4.79 Å². The number of amides is 1. The molecule has 0 atom stereocenters. The summed E-state index contributed by atoms with van der Waals surface area (Å²) in [6.07, 6.45) is 4.71. The molecule has 158 valence electrons. The summed E-state index contributed by atoms with van der Waals surface area (Å²) in [4.78, 5) is 14.0. The molecule has 0 radical (unpaired) electrons. The molecule has 0 aromatic rings. The molecule has 6 heteroatoms. The van der Waals surface area contributed by atoms with Crippen molar-refractivity contribution in [3.05, 3.63) is 0 Å². The van der Waals surface area contributed by atoms with Crippen molar-refractivity contribution >= 4 is 5.91 Å². The molecule has 2 N–H and O–H groups in total. The lowest BCUT2D eigenvalue weighted by Crippen LogP contribution is -2.39. The van der Waals surface area contributed by atoms with Crippen LogP contribution in [0.15, 0.2) is 0 Å². The molecule has 0 bridgehead atoms. The summed E-state index contributed by atoms with van der Waals surface area (Å²) in [5, 5.41) is 6.14. The Labute approximate surface area is 162 Å². The zero-order valence-electron chi connectivity index (χ0n) is 18.2. The van der Waals surface area contributed by atoms with Crippen LogP contribution in [-0.2, 0) is 14.3 Å². The lowest BCUT2D eigenvalue weighted by atomic mass is 9.97. The van der Waals surface area contributed by atoms with Crippen LogP contribution in [0.3, 0.4) is 0 Å². The molecule has 2 fully saturated rings. The highest BCUT2D eigenvalue weighted by molar-refractivity contribution is 5.78. The summed E-state index contributed by atoms with van der Waals surface area (Å²) in [5.74, 6) is 0.345. The van der Waals surface area contributed by atoms with Crippen LogP contribution in [-0.4, -0.2) is 77.5 Å². The third kappa shape index (κ3) is 16.8. The smallest absolute Gasteiger partial charge is 0.223 e. The zero-order valence-corrected chi connectivity index (χ0v) is 18.2. The summed E-state index contributed by atoms with van der Waals surface area (Å²) in [6, 6.07) is 0. The number of carbonyl (C=O) groups excluding carboxylic acids is 1. The Balaban J connectivity index is 0. The van der Waals surface area contributed by atoms with Crippen LogP contribution in [0, 0.1) is 5.92 Å². The minimum absolute atomic E-state index is 0.164. The Hall–Kier alpha value is -0.690. The van der Waals surface area contributed by atoms with Gasteiger partial charge < -0.3 is 25.0 Å². The number of hydrogen-bond acceptors (Lipinski definition) is 5. The first-order chi connectivity index (χ1) is 12.7. The van der Waals surface area contributed by atoms with Gasteiger partial charge in [0.15, 0.2) is 0 Å². The molecule has 26 heavy (non-hydrogen) atoms. The highest BCUT2D eigenvalue weighted by Crippen LogP contribution is 2.10. The molecular formula is C20H45N3O3. The van der Waals surface area contributed by atoms with Gasteiger partial charge in [-0.15, -0.1) is 0 Å². The number of piperidine rings is 1. The molecule has 0 aliphatic carbocycles. The van der Waals surface area contributed by atoms with E-state index in [1.807, 2.05) is 27.7 Å². The van der Waals surface area contributed by atoms with Crippen molar-refractivity contribution in [2.45, 2.75) is 53.4 Å². The van der Waals surface area contributed by atoms with E-state index >= 15 is 0 Å². The summed E-state index contributed by atoms with van der Waals surface area (Å²) in [5.41, 5.74) is 0. The third-order valence-corrected chi connectivity index (χ3v) is 4.02.